The van der Waals surface area contributed by atoms with Gasteiger partial charge in [-0.05, 0) is 17.7 Å². The van der Waals surface area contributed by atoms with E-state index in [4.69, 9.17) is 4.74 Å². The molecule has 21 heavy (non-hydrogen) atoms. The van der Waals surface area contributed by atoms with Crippen LogP contribution >= 0.6 is 11.3 Å². The van der Waals surface area contributed by atoms with Crippen molar-refractivity contribution in [2.24, 2.45) is 0 Å². The number of rotatable bonds is 4. The Bertz CT molecular complexity index is 595. The first kappa shape index (κ1) is 14.0. The lowest BCUT2D eigenvalue weighted by Gasteiger charge is -2.29. The van der Waals surface area contributed by atoms with Gasteiger partial charge < -0.3 is 15.0 Å². The lowest BCUT2D eigenvalue weighted by molar-refractivity contribution is 0.0946. The molecule has 1 saturated heterocycles. The third kappa shape index (κ3) is 3.59. The number of benzene rings is 1. The molecular weight excluding hydrogens is 286 g/mol. The van der Waals surface area contributed by atoms with Gasteiger partial charge in [-0.3, -0.25) is 4.79 Å². The van der Waals surface area contributed by atoms with Crippen LogP contribution < -0.4 is 10.2 Å². The third-order valence-electron chi connectivity index (χ3n) is 3.40. The molecule has 0 saturated carbocycles. The molecule has 0 spiro atoms. The van der Waals surface area contributed by atoms with Crippen LogP contribution in [0.1, 0.15) is 16.1 Å². The van der Waals surface area contributed by atoms with E-state index in [9.17, 15) is 4.79 Å². The highest BCUT2D eigenvalue weighted by molar-refractivity contribution is 7.07. The molecule has 0 radical (unpaired) electrons. The molecule has 1 aliphatic heterocycles. The Morgan fingerprint density at radius 1 is 1.38 bits per heavy atom. The molecule has 1 aromatic heterocycles. The number of thiazole rings is 1. The maximum Gasteiger partial charge on any atom is 0.271 e. The van der Waals surface area contributed by atoms with Crippen molar-refractivity contribution in [3.8, 4) is 0 Å². The van der Waals surface area contributed by atoms with E-state index in [2.05, 4.69) is 27.3 Å². The van der Waals surface area contributed by atoms with Crippen LogP contribution in [0.25, 0.3) is 0 Å². The number of hydrogen-bond acceptors (Lipinski definition) is 5. The third-order valence-corrected chi connectivity index (χ3v) is 3.99. The quantitative estimate of drug-likeness (QED) is 0.937. The zero-order valence-corrected chi connectivity index (χ0v) is 12.4. The number of morpholine rings is 1. The Balaban J connectivity index is 1.62. The second-order valence-corrected chi connectivity index (χ2v) is 5.54. The van der Waals surface area contributed by atoms with Crippen LogP contribution in [-0.4, -0.2) is 37.2 Å². The summed E-state index contributed by atoms with van der Waals surface area (Å²) in [5.74, 6) is -0.131. The topological polar surface area (TPSA) is 54.5 Å². The van der Waals surface area contributed by atoms with Gasteiger partial charge in [0.05, 0.1) is 18.7 Å². The van der Waals surface area contributed by atoms with Crippen molar-refractivity contribution in [1.29, 1.82) is 0 Å². The molecule has 0 atom stereocenters. The normalized spacial score (nSPS) is 15.0. The van der Waals surface area contributed by atoms with Crippen molar-refractivity contribution in [2.45, 2.75) is 6.54 Å². The van der Waals surface area contributed by atoms with Gasteiger partial charge in [0.25, 0.3) is 5.91 Å². The molecule has 0 aliphatic carbocycles. The Morgan fingerprint density at radius 3 is 3.00 bits per heavy atom. The Labute approximate surface area is 127 Å². The molecule has 1 fully saturated rings. The summed E-state index contributed by atoms with van der Waals surface area (Å²) in [6.07, 6.45) is 0. The summed E-state index contributed by atoms with van der Waals surface area (Å²) in [7, 11) is 0. The van der Waals surface area contributed by atoms with Crippen molar-refractivity contribution in [2.75, 3.05) is 31.2 Å². The maximum absolute atomic E-state index is 11.9. The predicted octanol–water partition coefficient (Wildman–Crippen LogP) is 1.91. The lowest BCUT2D eigenvalue weighted by atomic mass is 10.1. The number of carbonyl (C=O) groups is 1. The van der Waals surface area contributed by atoms with Crippen LogP contribution in [-0.2, 0) is 11.3 Å². The first-order valence-electron chi connectivity index (χ1n) is 6.91. The lowest BCUT2D eigenvalue weighted by Crippen LogP contribution is -2.36. The fourth-order valence-corrected chi connectivity index (χ4v) is 2.81. The number of anilines is 1. The summed E-state index contributed by atoms with van der Waals surface area (Å²) in [5.41, 5.74) is 4.40. The fourth-order valence-electron chi connectivity index (χ4n) is 2.28. The van der Waals surface area contributed by atoms with Crippen LogP contribution in [0, 0.1) is 0 Å². The van der Waals surface area contributed by atoms with Gasteiger partial charge in [0.1, 0.15) is 5.69 Å². The number of hydrogen-bond donors (Lipinski definition) is 1. The number of ether oxygens (including phenoxy) is 1. The largest absolute Gasteiger partial charge is 0.378 e. The molecular formula is C15H17N3O2S. The summed E-state index contributed by atoms with van der Waals surface area (Å²) in [4.78, 5) is 18.2. The fraction of sp³-hybridized carbons (Fsp3) is 0.333. The molecule has 1 aromatic carbocycles. The average Bonchev–Trinajstić information content (AvgIpc) is 3.08. The minimum Gasteiger partial charge on any atom is -0.378 e. The van der Waals surface area contributed by atoms with Crippen molar-refractivity contribution >= 4 is 22.9 Å². The van der Waals surface area contributed by atoms with Crippen LogP contribution in [0.4, 0.5) is 5.69 Å². The molecule has 1 amide bonds. The highest BCUT2D eigenvalue weighted by atomic mass is 32.1. The number of nitrogens with one attached hydrogen (secondary N) is 1. The first-order chi connectivity index (χ1) is 10.3. The van der Waals surface area contributed by atoms with Gasteiger partial charge in [0, 0.05) is 30.7 Å². The SMILES string of the molecule is O=C(NCc1cccc(N2CCOCC2)c1)c1cscn1. The van der Waals surface area contributed by atoms with E-state index in [1.54, 1.807) is 10.9 Å². The molecule has 110 valence electrons. The zero-order chi connectivity index (χ0) is 14.5. The Kier molecular flexibility index (Phi) is 4.47. The standard InChI is InChI=1S/C15H17N3O2S/c19-15(14-10-21-11-17-14)16-9-12-2-1-3-13(8-12)18-4-6-20-7-5-18/h1-3,8,10-11H,4-7,9H2,(H,16,19). The van der Waals surface area contributed by atoms with Gasteiger partial charge in [-0.25, -0.2) is 4.98 Å². The monoisotopic (exact) mass is 303 g/mol. The predicted molar refractivity (Wildman–Crippen MR) is 82.8 cm³/mol. The van der Waals surface area contributed by atoms with E-state index in [-0.39, 0.29) is 5.91 Å². The van der Waals surface area contributed by atoms with Gasteiger partial charge >= 0.3 is 0 Å². The summed E-state index contributed by atoms with van der Waals surface area (Å²) >= 11 is 1.42. The number of aromatic nitrogens is 1. The zero-order valence-electron chi connectivity index (χ0n) is 11.6. The molecule has 0 bridgehead atoms. The van der Waals surface area contributed by atoms with Crippen molar-refractivity contribution < 1.29 is 9.53 Å². The van der Waals surface area contributed by atoms with Crippen molar-refractivity contribution in [3.05, 3.63) is 46.4 Å². The van der Waals surface area contributed by atoms with Crippen LogP contribution in [0.2, 0.25) is 0 Å². The minimum absolute atomic E-state index is 0.131. The van der Waals surface area contributed by atoms with Gasteiger partial charge in [0.2, 0.25) is 0 Å². The summed E-state index contributed by atoms with van der Waals surface area (Å²) in [6, 6.07) is 8.25. The van der Waals surface area contributed by atoms with E-state index in [0.29, 0.717) is 12.2 Å². The average molecular weight is 303 g/mol. The van der Waals surface area contributed by atoms with E-state index in [0.717, 1.165) is 31.9 Å². The summed E-state index contributed by atoms with van der Waals surface area (Å²) in [5, 5.41) is 4.64. The van der Waals surface area contributed by atoms with Crippen molar-refractivity contribution in [3.63, 3.8) is 0 Å². The smallest absolute Gasteiger partial charge is 0.271 e. The highest BCUT2D eigenvalue weighted by Crippen LogP contribution is 2.17. The van der Waals surface area contributed by atoms with Crippen LogP contribution in [0.5, 0.6) is 0 Å². The molecule has 3 rings (SSSR count). The van der Waals surface area contributed by atoms with E-state index < -0.39 is 0 Å². The Hall–Kier alpha value is -1.92. The maximum atomic E-state index is 11.9. The van der Waals surface area contributed by atoms with Crippen LogP contribution in [0.3, 0.4) is 0 Å². The van der Waals surface area contributed by atoms with E-state index in [1.165, 1.54) is 17.0 Å². The minimum atomic E-state index is -0.131. The molecule has 0 unspecified atom stereocenters. The number of nitrogens with zero attached hydrogens (tertiary/aromatic N) is 2. The summed E-state index contributed by atoms with van der Waals surface area (Å²) in [6.45, 7) is 3.87. The van der Waals surface area contributed by atoms with Crippen LogP contribution in [0.15, 0.2) is 35.2 Å². The Morgan fingerprint density at radius 2 is 2.24 bits per heavy atom. The molecule has 5 nitrogen and oxygen atoms in total. The molecule has 2 aromatic rings. The molecule has 6 heteroatoms. The molecule has 2 heterocycles. The number of amides is 1. The van der Waals surface area contributed by atoms with Gasteiger partial charge in [-0.15, -0.1) is 11.3 Å². The molecule has 1 aliphatic rings. The van der Waals surface area contributed by atoms with Gasteiger partial charge in [-0.2, -0.15) is 0 Å². The second-order valence-electron chi connectivity index (χ2n) is 4.83. The van der Waals surface area contributed by atoms with E-state index >= 15 is 0 Å². The van der Waals surface area contributed by atoms with Gasteiger partial charge in [-0.1, -0.05) is 12.1 Å². The highest BCUT2D eigenvalue weighted by Gasteiger charge is 2.12. The first-order valence-corrected chi connectivity index (χ1v) is 7.85. The number of carbonyl (C=O) groups excluding carboxylic acids is 1. The summed E-state index contributed by atoms with van der Waals surface area (Å²) < 4.78 is 5.37. The molecule has 1 N–H and O–H groups in total. The van der Waals surface area contributed by atoms with Gasteiger partial charge in [0.15, 0.2) is 0 Å². The second kappa shape index (κ2) is 6.69. The van der Waals surface area contributed by atoms with E-state index in [1.807, 2.05) is 12.1 Å². The van der Waals surface area contributed by atoms with Crippen molar-refractivity contribution in [1.82, 2.24) is 10.3 Å².